The van der Waals surface area contributed by atoms with Crippen LogP contribution in [-0.4, -0.2) is 36.3 Å². The Morgan fingerprint density at radius 3 is 2.93 bits per heavy atom. The quantitative estimate of drug-likeness (QED) is 0.603. The summed E-state index contributed by atoms with van der Waals surface area (Å²) in [5.74, 6) is 0.862. The van der Waals surface area contributed by atoms with Gasteiger partial charge in [0.15, 0.2) is 0 Å². The summed E-state index contributed by atoms with van der Waals surface area (Å²) in [7, 11) is 3.82. The Kier molecular flexibility index (Phi) is 4.09. The van der Waals surface area contributed by atoms with Crippen molar-refractivity contribution in [1.29, 1.82) is 0 Å². The first-order chi connectivity index (χ1) is 7.17. The molecule has 1 N–H and O–H groups in total. The van der Waals surface area contributed by atoms with Gasteiger partial charge < -0.3 is 10.3 Å². The van der Waals surface area contributed by atoms with Gasteiger partial charge in [0.05, 0.1) is 5.71 Å². The summed E-state index contributed by atoms with van der Waals surface area (Å²) in [5, 5.41) is 9.36. The highest BCUT2D eigenvalue weighted by Gasteiger charge is 2.00. The minimum Gasteiger partial charge on any atom is -0.373 e. The molecule has 0 saturated heterocycles. The van der Waals surface area contributed by atoms with Crippen LogP contribution in [0.5, 0.6) is 0 Å². The Labute approximate surface area is 91.0 Å². The second-order valence-electron chi connectivity index (χ2n) is 3.34. The third-order valence-electron chi connectivity index (χ3n) is 2.21. The summed E-state index contributed by atoms with van der Waals surface area (Å²) in [4.78, 5) is 4.16. The smallest absolute Gasteiger partial charge is 0.126 e. The molecule has 0 aromatic carbocycles. The summed E-state index contributed by atoms with van der Waals surface area (Å²) < 4.78 is 0. The summed E-state index contributed by atoms with van der Waals surface area (Å²) >= 11 is 0. The maximum Gasteiger partial charge on any atom is 0.126 e. The SMILES string of the molecule is CCN(C)N=C(C)c1ccnc(NC)c1. The van der Waals surface area contributed by atoms with Crippen LogP contribution in [0.4, 0.5) is 5.82 Å². The number of nitrogens with one attached hydrogen (secondary N) is 1. The van der Waals surface area contributed by atoms with Crippen molar-refractivity contribution in [2.75, 3.05) is 26.0 Å². The Morgan fingerprint density at radius 2 is 2.33 bits per heavy atom. The van der Waals surface area contributed by atoms with Gasteiger partial charge in [0.1, 0.15) is 5.82 Å². The van der Waals surface area contributed by atoms with Crippen LogP contribution in [0.1, 0.15) is 19.4 Å². The van der Waals surface area contributed by atoms with Gasteiger partial charge in [0.25, 0.3) is 0 Å². The number of aromatic nitrogens is 1. The van der Waals surface area contributed by atoms with E-state index >= 15 is 0 Å². The van der Waals surface area contributed by atoms with E-state index in [1.165, 1.54) is 0 Å². The van der Waals surface area contributed by atoms with Crippen LogP contribution in [-0.2, 0) is 0 Å². The van der Waals surface area contributed by atoms with Crippen LogP contribution in [0.3, 0.4) is 0 Å². The van der Waals surface area contributed by atoms with Crippen molar-refractivity contribution in [2.45, 2.75) is 13.8 Å². The number of nitrogens with zero attached hydrogens (tertiary/aromatic N) is 3. The molecule has 1 rings (SSSR count). The number of hydrogen-bond acceptors (Lipinski definition) is 4. The molecule has 1 heterocycles. The summed E-state index contributed by atoms with van der Waals surface area (Å²) in [6.45, 7) is 4.98. The maximum atomic E-state index is 4.44. The number of anilines is 1. The molecule has 0 saturated carbocycles. The van der Waals surface area contributed by atoms with Crippen LogP contribution < -0.4 is 5.32 Å². The van der Waals surface area contributed by atoms with Crippen molar-refractivity contribution < 1.29 is 0 Å². The predicted octanol–water partition coefficient (Wildman–Crippen LogP) is 1.80. The largest absolute Gasteiger partial charge is 0.373 e. The van der Waals surface area contributed by atoms with Crippen molar-refractivity contribution in [3.63, 3.8) is 0 Å². The van der Waals surface area contributed by atoms with Crippen LogP contribution in [0.25, 0.3) is 0 Å². The monoisotopic (exact) mass is 206 g/mol. The molecule has 15 heavy (non-hydrogen) atoms. The molecule has 0 amide bonds. The molecule has 0 aliphatic heterocycles. The van der Waals surface area contributed by atoms with Crippen molar-refractivity contribution >= 4 is 11.5 Å². The highest BCUT2D eigenvalue weighted by molar-refractivity contribution is 5.98. The van der Waals surface area contributed by atoms with Gasteiger partial charge in [-0.3, -0.25) is 0 Å². The van der Waals surface area contributed by atoms with Crippen molar-refractivity contribution in [3.05, 3.63) is 23.9 Å². The molecule has 0 fully saturated rings. The van der Waals surface area contributed by atoms with Gasteiger partial charge in [0.2, 0.25) is 0 Å². The number of hydrazone groups is 1. The van der Waals surface area contributed by atoms with Gasteiger partial charge in [-0.15, -0.1) is 0 Å². The zero-order chi connectivity index (χ0) is 11.3. The fraction of sp³-hybridized carbons (Fsp3) is 0.455. The zero-order valence-electron chi connectivity index (χ0n) is 9.78. The molecule has 82 valence electrons. The molecule has 1 aromatic heterocycles. The number of rotatable bonds is 4. The molecule has 0 aliphatic rings. The zero-order valence-corrected chi connectivity index (χ0v) is 9.78. The van der Waals surface area contributed by atoms with Crippen molar-refractivity contribution in [2.24, 2.45) is 5.10 Å². The third kappa shape index (κ3) is 3.23. The Balaban J connectivity index is 2.90. The van der Waals surface area contributed by atoms with Gasteiger partial charge in [0, 0.05) is 32.4 Å². The standard InChI is InChI=1S/C11H18N4/c1-5-15(4)14-9(2)10-6-7-13-11(8-10)12-3/h6-8H,5H2,1-4H3,(H,12,13). The molecule has 0 aliphatic carbocycles. The Hall–Kier alpha value is -1.58. The number of hydrogen-bond donors (Lipinski definition) is 1. The minimum absolute atomic E-state index is 0.862. The predicted molar refractivity (Wildman–Crippen MR) is 64.3 cm³/mol. The lowest BCUT2D eigenvalue weighted by Gasteiger charge is -2.11. The lowest BCUT2D eigenvalue weighted by molar-refractivity contribution is 0.375. The lowest BCUT2D eigenvalue weighted by atomic mass is 10.2. The second-order valence-corrected chi connectivity index (χ2v) is 3.34. The molecule has 4 nitrogen and oxygen atoms in total. The normalized spacial score (nSPS) is 11.3. The minimum atomic E-state index is 0.862. The highest BCUT2D eigenvalue weighted by Crippen LogP contribution is 2.07. The van der Waals surface area contributed by atoms with E-state index in [4.69, 9.17) is 0 Å². The summed E-state index contributed by atoms with van der Waals surface area (Å²) in [6, 6.07) is 3.95. The summed E-state index contributed by atoms with van der Waals surface area (Å²) in [5.41, 5.74) is 2.09. The van der Waals surface area contributed by atoms with E-state index in [0.29, 0.717) is 0 Å². The highest BCUT2D eigenvalue weighted by atomic mass is 15.4. The molecule has 0 spiro atoms. The fourth-order valence-electron chi connectivity index (χ4n) is 1.18. The van der Waals surface area contributed by atoms with E-state index in [1.54, 1.807) is 6.20 Å². The molecule has 0 unspecified atom stereocenters. The van der Waals surface area contributed by atoms with Gasteiger partial charge in [-0.1, -0.05) is 0 Å². The van der Waals surface area contributed by atoms with E-state index in [0.717, 1.165) is 23.6 Å². The number of pyridine rings is 1. The topological polar surface area (TPSA) is 40.5 Å². The van der Waals surface area contributed by atoms with Crippen LogP contribution in [0, 0.1) is 0 Å². The van der Waals surface area contributed by atoms with Gasteiger partial charge in [-0.05, 0) is 26.0 Å². The summed E-state index contributed by atoms with van der Waals surface area (Å²) in [6.07, 6.45) is 1.78. The Bertz CT molecular complexity index is 346. The third-order valence-corrected chi connectivity index (χ3v) is 2.21. The maximum absolute atomic E-state index is 4.44. The van der Waals surface area contributed by atoms with Crippen LogP contribution >= 0.6 is 0 Å². The molecule has 0 bridgehead atoms. The first-order valence-corrected chi connectivity index (χ1v) is 5.08. The molecular weight excluding hydrogens is 188 g/mol. The first-order valence-electron chi connectivity index (χ1n) is 5.08. The van der Waals surface area contributed by atoms with Crippen molar-refractivity contribution in [1.82, 2.24) is 9.99 Å². The van der Waals surface area contributed by atoms with E-state index in [-0.39, 0.29) is 0 Å². The van der Waals surface area contributed by atoms with Crippen molar-refractivity contribution in [3.8, 4) is 0 Å². The van der Waals surface area contributed by atoms with E-state index < -0.39 is 0 Å². The molecular formula is C11H18N4. The molecule has 0 atom stereocenters. The van der Waals surface area contributed by atoms with Gasteiger partial charge in [-0.25, -0.2) is 4.98 Å². The Morgan fingerprint density at radius 1 is 1.60 bits per heavy atom. The molecule has 1 aromatic rings. The molecule has 0 radical (unpaired) electrons. The lowest BCUT2D eigenvalue weighted by Crippen LogP contribution is -2.13. The van der Waals surface area contributed by atoms with E-state index in [2.05, 4.69) is 22.3 Å². The van der Waals surface area contributed by atoms with Gasteiger partial charge >= 0.3 is 0 Å². The van der Waals surface area contributed by atoms with Crippen LogP contribution in [0.2, 0.25) is 0 Å². The fourth-order valence-corrected chi connectivity index (χ4v) is 1.18. The first kappa shape index (κ1) is 11.5. The second kappa shape index (κ2) is 5.34. The average molecular weight is 206 g/mol. The van der Waals surface area contributed by atoms with Crippen LogP contribution in [0.15, 0.2) is 23.4 Å². The van der Waals surface area contributed by atoms with E-state index in [1.807, 2.05) is 38.2 Å². The van der Waals surface area contributed by atoms with Gasteiger partial charge in [-0.2, -0.15) is 5.10 Å². The van der Waals surface area contributed by atoms with E-state index in [9.17, 15) is 0 Å². The molecule has 4 heteroatoms. The average Bonchev–Trinajstić information content (AvgIpc) is 2.28.